The first-order valence-corrected chi connectivity index (χ1v) is 8.85. The van der Waals surface area contributed by atoms with E-state index < -0.39 is 0 Å². The van der Waals surface area contributed by atoms with Crippen molar-refractivity contribution in [3.05, 3.63) is 0 Å². The van der Waals surface area contributed by atoms with Crippen molar-refractivity contribution in [1.29, 1.82) is 0 Å². The van der Waals surface area contributed by atoms with Gasteiger partial charge >= 0.3 is 5.97 Å². The monoisotopic (exact) mass is 296 g/mol. The average Bonchev–Trinajstić information content (AvgIpc) is 2.61. The molecule has 3 unspecified atom stereocenters. The van der Waals surface area contributed by atoms with Crippen molar-refractivity contribution in [3.63, 3.8) is 0 Å². The van der Waals surface area contributed by atoms with Gasteiger partial charge in [0.05, 0.1) is 6.61 Å². The molecule has 1 fully saturated rings. The van der Waals surface area contributed by atoms with E-state index >= 15 is 0 Å². The van der Waals surface area contributed by atoms with Crippen LogP contribution >= 0.6 is 0 Å². The molecule has 1 rings (SSSR count). The van der Waals surface area contributed by atoms with E-state index in [9.17, 15) is 4.79 Å². The van der Waals surface area contributed by atoms with Gasteiger partial charge in [-0.1, -0.05) is 60.8 Å². The van der Waals surface area contributed by atoms with Gasteiger partial charge in [0.2, 0.25) is 0 Å². The molecule has 0 amide bonds. The maximum absolute atomic E-state index is 11.2. The minimum atomic E-state index is -0.144. The summed E-state index contributed by atoms with van der Waals surface area (Å²) >= 11 is 0. The topological polar surface area (TPSA) is 26.3 Å². The molecule has 0 saturated heterocycles. The van der Waals surface area contributed by atoms with Gasteiger partial charge < -0.3 is 4.74 Å². The Morgan fingerprint density at radius 3 is 2.33 bits per heavy atom. The zero-order valence-corrected chi connectivity index (χ0v) is 15.3. The second-order valence-corrected chi connectivity index (χ2v) is 7.98. The Kier molecular flexibility index (Phi) is 6.31. The molecule has 3 atom stereocenters. The fourth-order valence-electron chi connectivity index (χ4n) is 5.02. The van der Waals surface area contributed by atoms with Crippen LogP contribution in [0.4, 0.5) is 0 Å². The summed E-state index contributed by atoms with van der Waals surface area (Å²) in [5.74, 6) is 1.76. The highest BCUT2D eigenvalue weighted by molar-refractivity contribution is 5.65. The number of rotatable bonds is 7. The second kappa shape index (κ2) is 7.15. The maximum atomic E-state index is 11.2. The highest BCUT2D eigenvalue weighted by atomic mass is 16.5. The summed E-state index contributed by atoms with van der Waals surface area (Å²) in [5.41, 5.74) is 0.668. The third-order valence-electron chi connectivity index (χ3n) is 6.31. The van der Waals surface area contributed by atoms with Gasteiger partial charge in [0.15, 0.2) is 0 Å². The van der Waals surface area contributed by atoms with Crippen LogP contribution in [-0.2, 0) is 9.53 Å². The number of unbranched alkanes of at least 4 members (excludes halogenated alkanes) is 1. The number of carbonyl (C=O) groups is 1. The predicted octanol–water partition coefficient (Wildman–Crippen LogP) is 5.45. The van der Waals surface area contributed by atoms with Gasteiger partial charge in [0, 0.05) is 6.92 Å². The van der Waals surface area contributed by atoms with Crippen molar-refractivity contribution >= 4 is 5.97 Å². The van der Waals surface area contributed by atoms with E-state index in [-0.39, 0.29) is 11.4 Å². The molecule has 0 bridgehead atoms. The Hall–Kier alpha value is -0.530. The third kappa shape index (κ3) is 3.63. The van der Waals surface area contributed by atoms with Crippen LogP contribution < -0.4 is 0 Å². The number of ether oxygens (including phenoxy) is 1. The standard InChI is InChI=1S/C19H36O2/c1-8-10-11-19(14(3)4)12-16(13-21-15(5)20)18(6,7)17(19)9-2/h14,16-17H,8-13H2,1-7H3. The Balaban J connectivity index is 3.05. The molecular weight excluding hydrogens is 260 g/mol. The number of hydrogen-bond donors (Lipinski definition) is 0. The Morgan fingerprint density at radius 2 is 1.90 bits per heavy atom. The molecule has 0 aliphatic heterocycles. The van der Waals surface area contributed by atoms with Gasteiger partial charge in [-0.3, -0.25) is 4.79 Å². The fourth-order valence-corrected chi connectivity index (χ4v) is 5.02. The largest absolute Gasteiger partial charge is 0.466 e. The van der Waals surface area contributed by atoms with Crippen molar-refractivity contribution in [2.24, 2.45) is 28.6 Å². The molecule has 21 heavy (non-hydrogen) atoms. The molecular formula is C19H36O2. The van der Waals surface area contributed by atoms with Crippen molar-refractivity contribution < 1.29 is 9.53 Å². The van der Waals surface area contributed by atoms with Crippen LogP contribution in [0.2, 0.25) is 0 Å². The van der Waals surface area contributed by atoms with E-state index in [2.05, 4.69) is 41.5 Å². The maximum Gasteiger partial charge on any atom is 0.302 e. The molecule has 0 N–H and O–H groups in total. The fraction of sp³-hybridized carbons (Fsp3) is 0.947. The molecule has 0 heterocycles. The van der Waals surface area contributed by atoms with Crippen LogP contribution in [0.5, 0.6) is 0 Å². The zero-order chi connectivity index (χ0) is 16.3. The van der Waals surface area contributed by atoms with Gasteiger partial charge in [-0.15, -0.1) is 0 Å². The van der Waals surface area contributed by atoms with Crippen LogP contribution in [0.1, 0.15) is 80.6 Å². The van der Waals surface area contributed by atoms with Crippen molar-refractivity contribution in [2.45, 2.75) is 80.6 Å². The van der Waals surface area contributed by atoms with E-state index in [0.29, 0.717) is 23.9 Å². The third-order valence-corrected chi connectivity index (χ3v) is 6.31. The molecule has 0 radical (unpaired) electrons. The number of esters is 1. The lowest BCUT2D eigenvalue weighted by atomic mass is 9.61. The molecule has 2 nitrogen and oxygen atoms in total. The van der Waals surface area contributed by atoms with Crippen molar-refractivity contribution in [2.75, 3.05) is 6.61 Å². The van der Waals surface area contributed by atoms with E-state index in [1.165, 1.54) is 39.0 Å². The summed E-state index contributed by atoms with van der Waals surface area (Å²) < 4.78 is 5.39. The summed E-state index contributed by atoms with van der Waals surface area (Å²) in [6, 6.07) is 0. The Bertz CT molecular complexity index is 345. The first-order valence-electron chi connectivity index (χ1n) is 8.85. The summed E-state index contributed by atoms with van der Waals surface area (Å²) in [4.78, 5) is 11.2. The van der Waals surface area contributed by atoms with Crippen LogP contribution in [-0.4, -0.2) is 12.6 Å². The van der Waals surface area contributed by atoms with Gasteiger partial charge in [-0.25, -0.2) is 0 Å². The summed E-state index contributed by atoms with van der Waals surface area (Å²) in [5, 5.41) is 0. The molecule has 124 valence electrons. The van der Waals surface area contributed by atoms with E-state index in [0.717, 1.165) is 5.92 Å². The van der Waals surface area contributed by atoms with E-state index in [4.69, 9.17) is 4.74 Å². The van der Waals surface area contributed by atoms with Crippen LogP contribution in [0.3, 0.4) is 0 Å². The van der Waals surface area contributed by atoms with Crippen molar-refractivity contribution in [1.82, 2.24) is 0 Å². The zero-order valence-electron chi connectivity index (χ0n) is 15.3. The van der Waals surface area contributed by atoms with Crippen LogP contribution in [0.25, 0.3) is 0 Å². The van der Waals surface area contributed by atoms with E-state index in [1.54, 1.807) is 0 Å². The summed E-state index contributed by atoms with van der Waals surface area (Å²) in [7, 11) is 0. The molecule has 1 aliphatic carbocycles. The quantitative estimate of drug-likeness (QED) is 0.583. The number of carbonyl (C=O) groups excluding carboxylic acids is 1. The molecule has 0 spiro atoms. The first-order chi connectivity index (χ1) is 9.72. The first kappa shape index (κ1) is 18.5. The Labute approximate surface area is 132 Å². The lowest BCUT2D eigenvalue weighted by Gasteiger charge is -2.43. The molecule has 0 aromatic carbocycles. The Morgan fingerprint density at radius 1 is 1.29 bits per heavy atom. The molecule has 1 aliphatic rings. The number of hydrogen-bond acceptors (Lipinski definition) is 2. The van der Waals surface area contributed by atoms with Gasteiger partial charge in [-0.05, 0) is 41.4 Å². The van der Waals surface area contributed by atoms with E-state index in [1.807, 2.05) is 0 Å². The van der Waals surface area contributed by atoms with Gasteiger partial charge in [0.1, 0.15) is 0 Å². The minimum absolute atomic E-state index is 0.144. The van der Waals surface area contributed by atoms with Crippen LogP contribution in [0, 0.1) is 28.6 Å². The molecule has 0 aromatic heterocycles. The lowest BCUT2D eigenvalue weighted by molar-refractivity contribution is -0.143. The smallest absolute Gasteiger partial charge is 0.302 e. The van der Waals surface area contributed by atoms with Crippen molar-refractivity contribution in [3.8, 4) is 0 Å². The SMILES string of the molecule is CCCCC1(C(C)C)CC(COC(C)=O)C(C)(C)C1CC. The lowest BCUT2D eigenvalue weighted by Crippen LogP contribution is -2.36. The average molecular weight is 296 g/mol. The van der Waals surface area contributed by atoms with Gasteiger partial charge in [-0.2, -0.15) is 0 Å². The highest BCUT2D eigenvalue weighted by Gasteiger charge is 2.57. The molecule has 0 aromatic rings. The molecule has 2 heteroatoms. The second-order valence-electron chi connectivity index (χ2n) is 7.98. The predicted molar refractivity (Wildman–Crippen MR) is 89.1 cm³/mol. The van der Waals surface area contributed by atoms with Crippen LogP contribution in [0.15, 0.2) is 0 Å². The minimum Gasteiger partial charge on any atom is -0.466 e. The van der Waals surface area contributed by atoms with Gasteiger partial charge in [0.25, 0.3) is 0 Å². The summed E-state index contributed by atoms with van der Waals surface area (Å²) in [6.45, 7) is 16.3. The highest BCUT2D eigenvalue weighted by Crippen LogP contribution is 2.63. The summed E-state index contributed by atoms with van der Waals surface area (Å²) in [6.07, 6.45) is 6.33. The normalized spacial score (nSPS) is 31.6. The molecule has 1 saturated carbocycles.